The third kappa shape index (κ3) is 3.14. The second-order valence-corrected chi connectivity index (χ2v) is 5.45. The highest BCUT2D eigenvalue weighted by molar-refractivity contribution is 6.31. The van der Waals surface area contributed by atoms with Crippen LogP contribution in [0.4, 0.5) is 0 Å². The second kappa shape index (κ2) is 6.37. The third-order valence-electron chi connectivity index (χ3n) is 3.66. The molecule has 0 aliphatic heterocycles. The van der Waals surface area contributed by atoms with Gasteiger partial charge in [0.15, 0.2) is 0 Å². The number of ether oxygens (including phenoxy) is 2. The average molecular weight is 306 g/mol. The molecule has 21 heavy (non-hydrogen) atoms. The maximum Gasteiger partial charge on any atom is 0.127 e. The minimum atomic E-state index is -0.276. The number of nitrogens with two attached hydrogens (primary N) is 1. The van der Waals surface area contributed by atoms with Gasteiger partial charge in [-0.15, -0.1) is 0 Å². The van der Waals surface area contributed by atoms with Crippen molar-refractivity contribution < 1.29 is 9.47 Å². The molecular weight excluding hydrogens is 286 g/mol. The van der Waals surface area contributed by atoms with Crippen molar-refractivity contribution >= 4 is 11.6 Å². The van der Waals surface area contributed by atoms with Gasteiger partial charge in [-0.2, -0.15) is 0 Å². The SMILES string of the molecule is COc1ccc(C(N)c2cc(C)c(Cl)cc2C)c(OC)c1. The van der Waals surface area contributed by atoms with Crippen LogP contribution in [0.25, 0.3) is 0 Å². The van der Waals surface area contributed by atoms with Crippen molar-refractivity contribution in [3.8, 4) is 11.5 Å². The Morgan fingerprint density at radius 1 is 0.952 bits per heavy atom. The molecule has 1 unspecified atom stereocenters. The van der Waals surface area contributed by atoms with E-state index in [1.807, 2.05) is 44.2 Å². The van der Waals surface area contributed by atoms with E-state index in [1.165, 1.54) is 0 Å². The van der Waals surface area contributed by atoms with E-state index in [2.05, 4.69) is 0 Å². The molecule has 0 bridgehead atoms. The Bertz CT molecular complexity index is 655. The molecule has 0 radical (unpaired) electrons. The van der Waals surface area contributed by atoms with Crippen molar-refractivity contribution in [1.82, 2.24) is 0 Å². The molecule has 0 saturated heterocycles. The molecule has 2 aromatic carbocycles. The summed E-state index contributed by atoms with van der Waals surface area (Å²) in [6.45, 7) is 3.99. The predicted octanol–water partition coefficient (Wildman–Crippen LogP) is 4.02. The fourth-order valence-corrected chi connectivity index (χ4v) is 2.60. The highest BCUT2D eigenvalue weighted by atomic mass is 35.5. The lowest BCUT2D eigenvalue weighted by molar-refractivity contribution is 0.390. The van der Waals surface area contributed by atoms with Crippen LogP contribution < -0.4 is 15.2 Å². The van der Waals surface area contributed by atoms with E-state index in [0.717, 1.165) is 33.0 Å². The van der Waals surface area contributed by atoms with Crippen molar-refractivity contribution in [3.05, 3.63) is 57.6 Å². The summed E-state index contributed by atoms with van der Waals surface area (Å²) in [7, 11) is 3.26. The number of halogens is 1. The summed E-state index contributed by atoms with van der Waals surface area (Å²) in [4.78, 5) is 0. The first-order valence-corrected chi connectivity index (χ1v) is 7.10. The molecule has 2 rings (SSSR count). The van der Waals surface area contributed by atoms with Crippen molar-refractivity contribution in [2.24, 2.45) is 5.73 Å². The van der Waals surface area contributed by atoms with Gasteiger partial charge in [-0.25, -0.2) is 0 Å². The van der Waals surface area contributed by atoms with Gasteiger partial charge in [0.25, 0.3) is 0 Å². The highest BCUT2D eigenvalue weighted by Crippen LogP contribution is 2.34. The van der Waals surface area contributed by atoms with Gasteiger partial charge in [-0.1, -0.05) is 17.7 Å². The Labute approximate surface area is 130 Å². The largest absolute Gasteiger partial charge is 0.497 e. The normalized spacial score (nSPS) is 12.1. The Balaban J connectivity index is 2.49. The van der Waals surface area contributed by atoms with Crippen LogP contribution in [0.5, 0.6) is 11.5 Å². The Morgan fingerprint density at radius 2 is 1.67 bits per heavy atom. The summed E-state index contributed by atoms with van der Waals surface area (Å²) in [5.74, 6) is 1.46. The monoisotopic (exact) mass is 305 g/mol. The van der Waals surface area contributed by atoms with E-state index < -0.39 is 0 Å². The summed E-state index contributed by atoms with van der Waals surface area (Å²) < 4.78 is 10.7. The number of rotatable bonds is 4. The van der Waals surface area contributed by atoms with Gasteiger partial charge in [0.1, 0.15) is 11.5 Å². The third-order valence-corrected chi connectivity index (χ3v) is 4.07. The van der Waals surface area contributed by atoms with Crippen molar-refractivity contribution in [2.45, 2.75) is 19.9 Å². The van der Waals surface area contributed by atoms with E-state index in [9.17, 15) is 0 Å². The maximum atomic E-state index is 6.44. The van der Waals surface area contributed by atoms with Crippen LogP contribution in [0.1, 0.15) is 28.3 Å². The Hall–Kier alpha value is -1.71. The van der Waals surface area contributed by atoms with Gasteiger partial charge >= 0.3 is 0 Å². The Kier molecular flexibility index (Phi) is 4.76. The van der Waals surface area contributed by atoms with Crippen molar-refractivity contribution in [2.75, 3.05) is 14.2 Å². The van der Waals surface area contributed by atoms with Crippen LogP contribution in [0.15, 0.2) is 30.3 Å². The molecule has 0 heterocycles. The lowest BCUT2D eigenvalue weighted by Crippen LogP contribution is -2.15. The first kappa shape index (κ1) is 15.7. The smallest absolute Gasteiger partial charge is 0.127 e. The summed E-state index contributed by atoms with van der Waals surface area (Å²) in [6, 6.07) is 9.37. The van der Waals surface area contributed by atoms with E-state index in [4.69, 9.17) is 26.8 Å². The minimum absolute atomic E-state index is 0.276. The average Bonchev–Trinajstić information content (AvgIpc) is 2.49. The number of methoxy groups -OCH3 is 2. The molecule has 0 amide bonds. The summed E-state index contributed by atoms with van der Waals surface area (Å²) in [5, 5.41) is 0.755. The first-order valence-electron chi connectivity index (χ1n) is 6.72. The molecule has 0 aliphatic rings. The summed E-state index contributed by atoms with van der Waals surface area (Å²) >= 11 is 6.15. The van der Waals surface area contributed by atoms with E-state index in [-0.39, 0.29) is 6.04 Å². The van der Waals surface area contributed by atoms with E-state index in [1.54, 1.807) is 14.2 Å². The van der Waals surface area contributed by atoms with Gasteiger partial charge in [-0.05, 0) is 48.7 Å². The van der Waals surface area contributed by atoms with Crippen LogP contribution in [0.2, 0.25) is 5.02 Å². The number of hydrogen-bond acceptors (Lipinski definition) is 3. The zero-order valence-electron chi connectivity index (χ0n) is 12.7. The summed E-state index contributed by atoms with van der Waals surface area (Å²) in [6.07, 6.45) is 0. The molecule has 0 saturated carbocycles. The molecule has 0 aliphatic carbocycles. The van der Waals surface area contributed by atoms with E-state index >= 15 is 0 Å². The van der Waals surface area contributed by atoms with Gasteiger partial charge in [0, 0.05) is 16.7 Å². The molecule has 1 atom stereocenters. The number of hydrogen-bond donors (Lipinski definition) is 1. The molecule has 4 heteroatoms. The summed E-state index contributed by atoms with van der Waals surface area (Å²) in [5.41, 5.74) is 10.5. The van der Waals surface area contributed by atoms with Gasteiger partial charge in [0.05, 0.1) is 20.3 Å². The lowest BCUT2D eigenvalue weighted by Gasteiger charge is -2.19. The fraction of sp³-hybridized carbons (Fsp3) is 0.294. The molecule has 0 aromatic heterocycles. The molecular formula is C17H20ClNO2. The standard InChI is InChI=1S/C17H20ClNO2/c1-10-8-15(18)11(2)7-14(10)17(19)13-6-5-12(20-3)9-16(13)21-4/h5-9,17H,19H2,1-4H3. The first-order chi connectivity index (χ1) is 9.97. The zero-order chi connectivity index (χ0) is 15.6. The van der Waals surface area contributed by atoms with Crippen molar-refractivity contribution in [3.63, 3.8) is 0 Å². The lowest BCUT2D eigenvalue weighted by atomic mass is 9.93. The molecule has 2 aromatic rings. The highest BCUT2D eigenvalue weighted by Gasteiger charge is 2.17. The van der Waals surface area contributed by atoms with Crippen LogP contribution in [-0.4, -0.2) is 14.2 Å². The zero-order valence-corrected chi connectivity index (χ0v) is 13.5. The van der Waals surface area contributed by atoms with Crippen LogP contribution in [0.3, 0.4) is 0 Å². The molecule has 2 N–H and O–H groups in total. The van der Waals surface area contributed by atoms with Crippen LogP contribution in [-0.2, 0) is 0 Å². The van der Waals surface area contributed by atoms with Gasteiger partial charge in [-0.3, -0.25) is 0 Å². The van der Waals surface area contributed by atoms with Crippen molar-refractivity contribution in [1.29, 1.82) is 0 Å². The number of benzene rings is 2. The quantitative estimate of drug-likeness (QED) is 0.928. The molecule has 3 nitrogen and oxygen atoms in total. The van der Waals surface area contributed by atoms with E-state index in [0.29, 0.717) is 5.75 Å². The molecule has 0 fully saturated rings. The molecule has 112 valence electrons. The number of aryl methyl sites for hydroxylation is 2. The minimum Gasteiger partial charge on any atom is -0.497 e. The van der Waals surface area contributed by atoms with Gasteiger partial charge in [0.2, 0.25) is 0 Å². The maximum absolute atomic E-state index is 6.44. The molecule has 0 spiro atoms. The van der Waals surface area contributed by atoms with Crippen LogP contribution in [0, 0.1) is 13.8 Å². The Morgan fingerprint density at radius 3 is 2.29 bits per heavy atom. The topological polar surface area (TPSA) is 44.5 Å². The predicted molar refractivity (Wildman–Crippen MR) is 86.5 cm³/mol. The van der Waals surface area contributed by atoms with Gasteiger partial charge < -0.3 is 15.2 Å². The van der Waals surface area contributed by atoms with Crippen LogP contribution >= 0.6 is 11.6 Å². The fourth-order valence-electron chi connectivity index (χ4n) is 2.38. The second-order valence-electron chi connectivity index (χ2n) is 5.04.